The van der Waals surface area contributed by atoms with E-state index in [9.17, 15) is 19.0 Å². The normalized spacial score (nSPS) is 13.1. The summed E-state index contributed by atoms with van der Waals surface area (Å²) < 4.78 is 45.3. The molecule has 2 aromatic rings. The number of rotatable bonds is 39. The van der Waals surface area contributed by atoms with Crippen LogP contribution in [0.2, 0.25) is 0 Å². The summed E-state index contributed by atoms with van der Waals surface area (Å²) in [6.45, 7) is 12.3. The fraction of sp³-hybridized carbons (Fsp3) is 0.796. The Balaban J connectivity index is 1.55. The highest BCUT2D eigenvalue weighted by molar-refractivity contribution is 7.47. The second kappa shape index (κ2) is 33.1. The molecule has 0 aliphatic carbocycles. The zero-order valence-electron chi connectivity index (χ0n) is 39.4. The van der Waals surface area contributed by atoms with E-state index < -0.39 is 32.5 Å². The molecule has 0 amide bonds. The smallest absolute Gasteiger partial charge is 0.466 e. The molecule has 2 atom stereocenters. The van der Waals surface area contributed by atoms with Crippen molar-refractivity contribution in [3.63, 3.8) is 0 Å². The van der Waals surface area contributed by atoms with E-state index in [1.807, 2.05) is 0 Å². The summed E-state index contributed by atoms with van der Waals surface area (Å²) >= 11 is 0. The minimum Gasteiger partial charge on any atom is -0.466 e. The van der Waals surface area contributed by atoms with E-state index in [1.165, 1.54) is 104 Å². The van der Waals surface area contributed by atoms with E-state index in [1.54, 1.807) is 0 Å². The first kappa shape index (κ1) is 54.7. The number of hydrogen-bond donors (Lipinski definition) is 2. The Kier molecular flexibility index (Phi) is 29.7. The zero-order valence-corrected chi connectivity index (χ0v) is 40.2. The Hall–Kier alpha value is -2.43. The van der Waals surface area contributed by atoms with E-state index in [0.29, 0.717) is 6.42 Å². The van der Waals surface area contributed by atoms with Gasteiger partial charge in [0, 0.05) is 45.1 Å². The molecule has 0 radical (unpaired) electrons. The fourth-order valence-corrected chi connectivity index (χ4v) is 8.51. The molecule has 0 aliphatic heterocycles. The van der Waals surface area contributed by atoms with Crippen molar-refractivity contribution in [2.24, 2.45) is 5.73 Å². The molecule has 0 spiro atoms. The van der Waals surface area contributed by atoms with Crippen LogP contribution in [0.25, 0.3) is 0 Å². The zero-order chi connectivity index (χ0) is 44.7. The Bertz CT molecular complexity index is 1520. The van der Waals surface area contributed by atoms with E-state index in [4.69, 9.17) is 33.1 Å². The number of hydrogen-bond acceptors (Lipinski definition) is 10. The molecule has 11 nitrogen and oxygen atoms in total. The number of furan rings is 2. The topological polar surface area (TPSA) is 161 Å². The van der Waals surface area contributed by atoms with Gasteiger partial charge in [-0.15, -0.1) is 0 Å². The van der Waals surface area contributed by atoms with Crippen LogP contribution in [0.4, 0.5) is 0 Å². The summed E-state index contributed by atoms with van der Waals surface area (Å²) in [6.07, 6.45) is 27.9. The first-order valence-electron chi connectivity index (χ1n) is 24.2. The minimum absolute atomic E-state index is 0.0440. The van der Waals surface area contributed by atoms with Crippen LogP contribution in [0.1, 0.15) is 213 Å². The summed E-state index contributed by atoms with van der Waals surface area (Å²) in [6, 6.07) is 0. The lowest BCUT2D eigenvalue weighted by atomic mass is 10.0. The Morgan fingerprint density at radius 3 is 1.36 bits per heavy atom. The highest BCUT2D eigenvalue weighted by Gasteiger charge is 2.26. The molecule has 2 heterocycles. The van der Waals surface area contributed by atoms with Crippen molar-refractivity contribution in [1.82, 2.24) is 0 Å². The summed E-state index contributed by atoms with van der Waals surface area (Å²) in [7, 11) is -4.40. The van der Waals surface area contributed by atoms with Crippen LogP contribution in [0.3, 0.4) is 0 Å². The van der Waals surface area contributed by atoms with Gasteiger partial charge in [-0.1, -0.05) is 117 Å². The molecule has 61 heavy (non-hydrogen) atoms. The Morgan fingerprint density at radius 2 is 0.934 bits per heavy atom. The average Bonchev–Trinajstić information content (AvgIpc) is 3.66. The van der Waals surface area contributed by atoms with Crippen LogP contribution in [0.15, 0.2) is 8.83 Å². The molecule has 0 aliphatic rings. The molecule has 0 aromatic carbocycles. The number of ether oxygens (including phenoxy) is 2. The van der Waals surface area contributed by atoms with Crippen LogP contribution in [0.5, 0.6) is 0 Å². The largest absolute Gasteiger partial charge is 0.472 e. The number of carbonyl (C=O) groups is 2. The Labute approximate surface area is 370 Å². The quantitative estimate of drug-likeness (QED) is 0.0373. The van der Waals surface area contributed by atoms with Crippen molar-refractivity contribution < 1.29 is 46.4 Å². The molecule has 0 saturated heterocycles. The van der Waals surface area contributed by atoms with Crippen molar-refractivity contribution in [3.8, 4) is 0 Å². The first-order chi connectivity index (χ1) is 29.4. The molecule has 0 fully saturated rings. The van der Waals surface area contributed by atoms with Gasteiger partial charge in [0.05, 0.1) is 13.2 Å². The third-order valence-electron chi connectivity index (χ3n) is 11.9. The highest BCUT2D eigenvalue weighted by atomic mass is 31.2. The third-order valence-corrected chi connectivity index (χ3v) is 12.9. The van der Waals surface area contributed by atoms with Crippen molar-refractivity contribution in [2.45, 2.75) is 227 Å². The number of phosphoric acid groups is 1. The number of nitrogens with two attached hydrogens (primary N) is 1. The lowest BCUT2D eigenvalue weighted by molar-refractivity contribution is -0.161. The van der Waals surface area contributed by atoms with Crippen LogP contribution in [-0.2, 0) is 58.4 Å². The van der Waals surface area contributed by atoms with E-state index in [0.717, 1.165) is 101 Å². The molecule has 12 heteroatoms. The number of esters is 2. The maximum Gasteiger partial charge on any atom is 0.472 e. The van der Waals surface area contributed by atoms with Gasteiger partial charge in [-0.3, -0.25) is 18.6 Å². The lowest BCUT2D eigenvalue weighted by Crippen LogP contribution is -2.29. The van der Waals surface area contributed by atoms with Gasteiger partial charge in [-0.05, 0) is 88.5 Å². The molecule has 3 N–H and O–H groups in total. The molecular weight excluding hydrogens is 794 g/mol. The second-order valence-electron chi connectivity index (χ2n) is 17.1. The van der Waals surface area contributed by atoms with Crippen molar-refractivity contribution in [2.75, 3.05) is 26.4 Å². The average molecular weight is 880 g/mol. The van der Waals surface area contributed by atoms with Gasteiger partial charge in [0.2, 0.25) is 0 Å². The number of unbranched alkanes of at least 4 members (excludes halogenated alkanes) is 18. The van der Waals surface area contributed by atoms with Crippen molar-refractivity contribution in [3.05, 3.63) is 45.3 Å². The molecular formula is C49H86NO10P. The monoisotopic (exact) mass is 880 g/mol. The Morgan fingerprint density at radius 1 is 0.541 bits per heavy atom. The second-order valence-corrected chi connectivity index (χ2v) is 18.6. The van der Waals surface area contributed by atoms with Crippen LogP contribution >= 0.6 is 7.82 Å². The van der Waals surface area contributed by atoms with Crippen LogP contribution in [0, 0.1) is 27.7 Å². The summed E-state index contributed by atoms with van der Waals surface area (Å²) in [5.41, 5.74) is 10.7. The van der Waals surface area contributed by atoms with Gasteiger partial charge in [0.15, 0.2) is 6.10 Å². The summed E-state index contributed by atoms with van der Waals surface area (Å²) in [5.74, 6) is 3.81. The van der Waals surface area contributed by atoms with Gasteiger partial charge >= 0.3 is 19.8 Å². The minimum atomic E-state index is -4.40. The lowest BCUT2D eigenvalue weighted by Gasteiger charge is -2.19. The third kappa shape index (κ3) is 24.3. The van der Waals surface area contributed by atoms with Crippen LogP contribution in [-0.4, -0.2) is 49.3 Å². The van der Waals surface area contributed by atoms with Gasteiger partial charge < -0.3 is 28.9 Å². The number of phosphoric ester groups is 1. The first-order valence-corrected chi connectivity index (χ1v) is 25.7. The van der Waals surface area contributed by atoms with Gasteiger partial charge in [0.1, 0.15) is 29.6 Å². The van der Waals surface area contributed by atoms with Gasteiger partial charge in [-0.2, -0.15) is 0 Å². The van der Waals surface area contributed by atoms with Gasteiger partial charge in [0.25, 0.3) is 0 Å². The molecule has 1 unspecified atom stereocenters. The van der Waals surface area contributed by atoms with Gasteiger partial charge in [-0.25, -0.2) is 4.57 Å². The highest BCUT2D eigenvalue weighted by Crippen LogP contribution is 2.43. The van der Waals surface area contributed by atoms with Crippen LogP contribution < -0.4 is 5.73 Å². The summed E-state index contributed by atoms with van der Waals surface area (Å²) in [5, 5.41) is 0. The van der Waals surface area contributed by atoms with Crippen molar-refractivity contribution in [1.29, 1.82) is 0 Å². The molecule has 0 saturated carbocycles. The SMILES string of the molecule is CCCCCc1oc(CCCCCCCCCCCCC(=O)OC[C@H](COP(=O)(O)OCCN)OC(=O)CCCCCCCCCCc2oc(CCC)c(C)c2C)c(C)c1C. The standard InChI is InChI=1S/C49H86NO10P/c1-7-9-24-30-45-41(5)42(6)47(60-45)32-26-20-16-12-10-11-13-18-22-27-33-48(51)55-37-43(38-57-61(53,54)56-36-35-50)58-49(52)34-28-23-19-15-14-17-21-25-31-46-40(4)39(3)44(59-46)29-8-2/h43H,7-38,50H2,1-6H3,(H,53,54)/t43-/m1/s1. The summed E-state index contributed by atoms with van der Waals surface area (Å²) in [4.78, 5) is 35.2. The van der Waals surface area contributed by atoms with E-state index in [-0.39, 0.29) is 32.6 Å². The maximum atomic E-state index is 12.7. The molecule has 352 valence electrons. The van der Waals surface area contributed by atoms with E-state index >= 15 is 0 Å². The molecule has 2 aromatic heterocycles. The fourth-order valence-electron chi connectivity index (χ4n) is 7.74. The number of aryl methyl sites for hydroxylation is 4. The molecule has 0 bridgehead atoms. The maximum absolute atomic E-state index is 12.7. The predicted octanol–water partition coefficient (Wildman–Crippen LogP) is 12.9. The van der Waals surface area contributed by atoms with Crippen molar-refractivity contribution >= 4 is 19.8 Å². The molecule has 2 rings (SSSR count). The van der Waals surface area contributed by atoms with E-state index in [2.05, 4.69) is 41.5 Å². The predicted molar refractivity (Wildman–Crippen MR) is 245 cm³/mol. The number of carbonyl (C=O) groups excluding carboxylic acids is 2.